The second-order valence-electron chi connectivity index (χ2n) is 2.32. The molecule has 0 atom stereocenters. The Hall–Kier alpha value is -0.960. The van der Waals surface area contributed by atoms with Gasteiger partial charge in [-0.15, -0.1) is 11.8 Å². The van der Waals surface area contributed by atoms with Gasteiger partial charge >= 0.3 is 0 Å². The standard InChI is InChI=1S/C9H12N2S/c1-3-4-7-5-6-11-9(10)8(7)12-2/h3-6H,1-2H3,(H2,10,11)/b4-3+. The lowest BCUT2D eigenvalue weighted by molar-refractivity contribution is 1.24. The Kier molecular flexibility index (Phi) is 3.17. The van der Waals surface area contributed by atoms with Crippen molar-refractivity contribution in [2.75, 3.05) is 12.0 Å². The van der Waals surface area contributed by atoms with Crippen molar-refractivity contribution in [2.45, 2.75) is 11.8 Å². The molecule has 1 rings (SSSR count). The van der Waals surface area contributed by atoms with Crippen LogP contribution in [0.4, 0.5) is 5.82 Å². The van der Waals surface area contributed by atoms with E-state index in [1.54, 1.807) is 18.0 Å². The number of rotatable bonds is 2. The fourth-order valence-electron chi connectivity index (χ4n) is 1.01. The summed E-state index contributed by atoms with van der Waals surface area (Å²) < 4.78 is 0. The van der Waals surface area contributed by atoms with E-state index in [1.165, 1.54) is 0 Å². The first-order valence-electron chi connectivity index (χ1n) is 3.70. The molecule has 0 fully saturated rings. The third-order valence-corrected chi connectivity index (χ3v) is 2.37. The van der Waals surface area contributed by atoms with Crippen LogP contribution in [0.3, 0.4) is 0 Å². The Morgan fingerprint density at radius 2 is 2.33 bits per heavy atom. The summed E-state index contributed by atoms with van der Waals surface area (Å²) in [6.07, 6.45) is 7.75. The summed E-state index contributed by atoms with van der Waals surface area (Å²) in [7, 11) is 0. The van der Waals surface area contributed by atoms with Gasteiger partial charge in [0.15, 0.2) is 0 Å². The average molecular weight is 180 g/mol. The smallest absolute Gasteiger partial charge is 0.137 e. The zero-order valence-electron chi connectivity index (χ0n) is 7.24. The molecule has 2 N–H and O–H groups in total. The second kappa shape index (κ2) is 4.16. The lowest BCUT2D eigenvalue weighted by Gasteiger charge is -2.04. The molecule has 12 heavy (non-hydrogen) atoms. The highest BCUT2D eigenvalue weighted by atomic mass is 32.2. The van der Waals surface area contributed by atoms with Gasteiger partial charge in [0.2, 0.25) is 0 Å². The van der Waals surface area contributed by atoms with Crippen LogP contribution in [0.25, 0.3) is 6.08 Å². The summed E-state index contributed by atoms with van der Waals surface area (Å²) in [5.74, 6) is 0.609. The predicted molar refractivity (Wildman–Crippen MR) is 55.1 cm³/mol. The topological polar surface area (TPSA) is 38.9 Å². The van der Waals surface area contributed by atoms with Crippen LogP contribution in [-0.4, -0.2) is 11.2 Å². The molecule has 1 aromatic heterocycles. The minimum Gasteiger partial charge on any atom is -0.383 e. The third kappa shape index (κ3) is 1.80. The van der Waals surface area contributed by atoms with Gasteiger partial charge in [0.25, 0.3) is 0 Å². The zero-order chi connectivity index (χ0) is 8.97. The molecule has 3 heteroatoms. The molecular formula is C9H12N2S. The summed E-state index contributed by atoms with van der Waals surface area (Å²) in [5, 5.41) is 0. The van der Waals surface area contributed by atoms with Crippen LogP contribution >= 0.6 is 11.8 Å². The molecule has 0 amide bonds. The number of allylic oxidation sites excluding steroid dienone is 1. The van der Waals surface area contributed by atoms with Crippen molar-refractivity contribution in [1.29, 1.82) is 0 Å². The minimum atomic E-state index is 0.609. The van der Waals surface area contributed by atoms with Crippen LogP contribution in [-0.2, 0) is 0 Å². The maximum atomic E-state index is 5.70. The van der Waals surface area contributed by atoms with Crippen molar-refractivity contribution in [3.05, 3.63) is 23.9 Å². The van der Waals surface area contributed by atoms with Crippen LogP contribution < -0.4 is 5.73 Å². The summed E-state index contributed by atoms with van der Waals surface area (Å²) in [6, 6.07) is 1.96. The Labute approximate surface area is 76.9 Å². The van der Waals surface area contributed by atoms with Gasteiger partial charge in [-0.05, 0) is 24.8 Å². The van der Waals surface area contributed by atoms with E-state index >= 15 is 0 Å². The van der Waals surface area contributed by atoms with Gasteiger partial charge < -0.3 is 5.73 Å². The second-order valence-corrected chi connectivity index (χ2v) is 3.14. The van der Waals surface area contributed by atoms with Gasteiger partial charge in [-0.25, -0.2) is 4.98 Å². The average Bonchev–Trinajstić information content (AvgIpc) is 2.05. The molecule has 1 aromatic rings. The fraction of sp³-hybridized carbons (Fsp3) is 0.222. The highest BCUT2D eigenvalue weighted by Gasteiger charge is 2.01. The minimum absolute atomic E-state index is 0.609. The summed E-state index contributed by atoms with van der Waals surface area (Å²) >= 11 is 1.62. The monoisotopic (exact) mass is 180 g/mol. The molecule has 0 unspecified atom stereocenters. The third-order valence-electron chi connectivity index (χ3n) is 1.51. The number of hydrogen-bond donors (Lipinski definition) is 1. The normalized spacial score (nSPS) is 10.8. The van der Waals surface area contributed by atoms with Crippen molar-refractivity contribution in [2.24, 2.45) is 0 Å². The maximum absolute atomic E-state index is 5.70. The molecular weight excluding hydrogens is 168 g/mol. The molecule has 0 spiro atoms. The molecule has 0 aliphatic heterocycles. The van der Waals surface area contributed by atoms with E-state index in [1.807, 2.05) is 31.4 Å². The number of nitrogens with two attached hydrogens (primary N) is 1. The molecule has 0 aliphatic carbocycles. The van der Waals surface area contributed by atoms with Gasteiger partial charge in [-0.1, -0.05) is 12.2 Å². The Morgan fingerprint density at radius 3 is 2.92 bits per heavy atom. The van der Waals surface area contributed by atoms with E-state index in [9.17, 15) is 0 Å². The number of pyridine rings is 1. The van der Waals surface area contributed by atoms with Crippen molar-refractivity contribution in [3.8, 4) is 0 Å². The van der Waals surface area contributed by atoms with Gasteiger partial charge in [0.05, 0.1) is 4.90 Å². The highest BCUT2D eigenvalue weighted by Crippen LogP contribution is 2.25. The van der Waals surface area contributed by atoms with E-state index in [0.29, 0.717) is 5.82 Å². The molecule has 0 bridgehead atoms. The number of nitrogen functional groups attached to an aromatic ring is 1. The van der Waals surface area contributed by atoms with Crippen LogP contribution in [0.15, 0.2) is 23.2 Å². The van der Waals surface area contributed by atoms with Crippen LogP contribution in [0.2, 0.25) is 0 Å². The molecule has 2 nitrogen and oxygen atoms in total. The van der Waals surface area contributed by atoms with E-state index in [2.05, 4.69) is 4.98 Å². The van der Waals surface area contributed by atoms with Crippen LogP contribution in [0, 0.1) is 0 Å². The molecule has 0 saturated heterocycles. The lowest BCUT2D eigenvalue weighted by atomic mass is 10.2. The van der Waals surface area contributed by atoms with E-state index < -0.39 is 0 Å². The number of aromatic nitrogens is 1. The van der Waals surface area contributed by atoms with Gasteiger partial charge in [-0.2, -0.15) is 0 Å². The number of anilines is 1. The highest BCUT2D eigenvalue weighted by molar-refractivity contribution is 7.98. The first-order valence-corrected chi connectivity index (χ1v) is 4.93. The molecule has 0 saturated carbocycles. The Morgan fingerprint density at radius 1 is 1.58 bits per heavy atom. The van der Waals surface area contributed by atoms with Gasteiger partial charge in [0.1, 0.15) is 5.82 Å². The summed E-state index contributed by atoms with van der Waals surface area (Å²) in [5.41, 5.74) is 6.83. The quantitative estimate of drug-likeness (QED) is 0.710. The van der Waals surface area contributed by atoms with Crippen LogP contribution in [0.1, 0.15) is 12.5 Å². The first-order chi connectivity index (χ1) is 5.79. The molecule has 0 aromatic carbocycles. The fourth-order valence-corrected chi connectivity index (χ4v) is 1.65. The summed E-state index contributed by atoms with van der Waals surface area (Å²) in [6.45, 7) is 1.99. The van der Waals surface area contributed by atoms with Crippen molar-refractivity contribution >= 4 is 23.7 Å². The molecule has 64 valence electrons. The molecule has 0 aliphatic rings. The molecule has 1 heterocycles. The van der Waals surface area contributed by atoms with Crippen molar-refractivity contribution < 1.29 is 0 Å². The van der Waals surface area contributed by atoms with Crippen molar-refractivity contribution in [1.82, 2.24) is 4.98 Å². The largest absolute Gasteiger partial charge is 0.383 e. The van der Waals surface area contributed by atoms with Gasteiger partial charge in [0, 0.05) is 6.20 Å². The predicted octanol–water partition coefficient (Wildman–Crippen LogP) is 2.42. The maximum Gasteiger partial charge on any atom is 0.137 e. The molecule has 0 radical (unpaired) electrons. The van der Waals surface area contributed by atoms with Gasteiger partial charge in [-0.3, -0.25) is 0 Å². The lowest BCUT2D eigenvalue weighted by Crippen LogP contribution is -1.93. The van der Waals surface area contributed by atoms with E-state index in [4.69, 9.17) is 5.73 Å². The SMILES string of the molecule is C/C=C/c1ccnc(N)c1SC. The number of nitrogens with zero attached hydrogens (tertiary/aromatic N) is 1. The Bertz CT molecular complexity index is 295. The van der Waals surface area contributed by atoms with Crippen LogP contribution in [0.5, 0.6) is 0 Å². The van der Waals surface area contributed by atoms with E-state index in [0.717, 1.165) is 10.5 Å². The van der Waals surface area contributed by atoms with E-state index in [-0.39, 0.29) is 0 Å². The number of hydrogen-bond acceptors (Lipinski definition) is 3. The zero-order valence-corrected chi connectivity index (χ0v) is 8.06. The Balaban J connectivity index is 3.18. The van der Waals surface area contributed by atoms with Crippen molar-refractivity contribution in [3.63, 3.8) is 0 Å². The summed E-state index contributed by atoms with van der Waals surface area (Å²) in [4.78, 5) is 5.07. The number of thioether (sulfide) groups is 1. The first kappa shape index (κ1) is 9.13.